The Kier molecular flexibility index (Phi) is 9.13. The summed E-state index contributed by atoms with van der Waals surface area (Å²) in [6.45, 7) is 5.69. The molecule has 0 radical (unpaired) electrons. The molecule has 6 heteroatoms. The molecule has 3 aromatic rings. The number of nitrogens with two attached hydrogens (primary N) is 1. The van der Waals surface area contributed by atoms with Crippen LogP contribution < -0.4 is 14.8 Å². The predicted molar refractivity (Wildman–Crippen MR) is 142 cm³/mol. The summed E-state index contributed by atoms with van der Waals surface area (Å²) < 4.78 is 32.3. The first-order valence-electron chi connectivity index (χ1n) is 11.9. The van der Waals surface area contributed by atoms with Gasteiger partial charge in [-0.1, -0.05) is 80.9 Å². The third kappa shape index (κ3) is 6.84. The molecule has 5 nitrogen and oxygen atoms in total. The first kappa shape index (κ1) is 25.8. The van der Waals surface area contributed by atoms with Crippen LogP contribution >= 0.6 is 0 Å². The molecule has 0 saturated carbocycles. The summed E-state index contributed by atoms with van der Waals surface area (Å²) in [6, 6.07) is 24.3. The Balaban J connectivity index is 0.00000103. The molecule has 4 rings (SSSR count). The summed E-state index contributed by atoms with van der Waals surface area (Å²) in [7, 11) is -3.37. The van der Waals surface area contributed by atoms with Gasteiger partial charge in [-0.25, -0.2) is 8.42 Å². The standard InChI is InChI=1S/C25H28N2O3S.C3H8/c1-31(28,29)27-17-20(13-14-26)15-23-11-12-24(16-25(23)27)30-18-19-7-9-22(10-8-19)21-5-3-2-4-6-21;1-3-2/h2-12,16,20H,13-15,17-18,26H2,1H3;3H2,1-2H3. The van der Waals surface area contributed by atoms with E-state index in [1.54, 1.807) is 0 Å². The first-order chi connectivity index (χ1) is 16.4. The van der Waals surface area contributed by atoms with Crippen LogP contribution in [-0.2, 0) is 23.1 Å². The average Bonchev–Trinajstić information content (AvgIpc) is 2.83. The van der Waals surface area contributed by atoms with Crippen molar-refractivity contribution < 1.29 is 13.2 Å². The Morgan fingerprint density at radius 3 is 2.24 bits per heavy atom. The molecule has 0 saturated heterocycles. The fraction of sp³-hybridized carbons (Fsp3) is 0.357. The zero-order valence-electron chi connectivity index (χ0n) is 20.4. The van der Waals surface area contributed by atoms with Crippen molar-refractivity contribution >= 4 is 15.7 Å². The molecular weight excluding hydrogens is 444 g/mol. The SMILES string of the molecule is CCC.CS(=O)(=O)N1CC(CCN)Cc2ccc(OCc3ccc(-c4ccccc4)cc3)cc21. The summed E-state index contributed by atoms with van der Waals surface area (Å²) >= 11 is 0. The van der Waals surface area contributed by atoms with Crippen LogP contribution in [-0.4, -0.2) is 27.8 Å². The molecule has 1 atom stereocenters. The van der Waals surface area contributed by atoms with Gasteiger partial charge in [0, 0.05) is 12.6 Å². The van der Waals surface area contributed by atoms with E-state index in [9.17, 15) is 8.42 Å². The number of sulfonamides is 1. The maximum absolute atomic E-state index is 12.4. The highest BCUT2D eigenvalue weighted by Crippen LogP contribution is 2.35. The van der Waals surface area contributed by atoms with Crippen molar-refractivity contribution in [2.24, 2.45) is 11.7 Å². The van der Waals surface area contributed by atoms with Gasteiger partial charge in [-0.05, 0) is 53.6 Å². The van der Waals surface area contributed by atoms with Gasteiger partial charge in [-0.15, -0.1) is 0 Å². The third-order valence-corrected chi connectivity index (χ3v) is 6.85. The van der Waals surface area contributed by atoms with Gasteiger partial charge >= 0.3 is 0 Å². The van der Waals surface area contributed by atoms with Gasteiger partial charge in [0.15, 0.2) is 0 Å². The zero-order valence-corrected chi connectivity index (χ0v) is 21.2. The minimum atomic E-state index is -3.37. The molecule has 0 bridgehead atoms. The van der Waals surface area contributed by atoms with Crippen molar-refractivity contribution in [3.8, 4) is 16.9 Å². The van der Waals surface area contributed by atoms with Gasteiger partial charge in [0.2, 0.25) is 10.0 Å². The maximum atomic E-state index is 12.4. The molecule has 1 heterocycles. The van der Waals surface area contributed by atoms with Gasteiger partial charge in [-0.3, -0.25) is 4.31 Å². The third-order valence-electron chi connectivity index (χ3n) is 5.70. The van der Waals surface area contributed by atoms with E-state index in [2.05, 4.69) is 50.2 Å². The van der Waals surface area contributed by atoms with Crippen LogP contribution in [0.1, 0.15) is 37.8 Å². The monoisotopic (exact) mass is 480 g/mol. The van der Waals surface area contributed by atoms with Crippen LogP contribution in [0.4, 0.5) is 5.69 Å². The molecule has 3 aromatic carbocycles. The van der Waals surface area contributed by atoms with E-state index < -0.39 is 10.0 Å². The van der Waals surface area contributed by atoms with Crippen molar-refractivity contribution in [3.63, 3.8) is 0 Å². The molecular formula is C28H36N2O3S. The van der Waals surface area contributed by atoms with Crippen LogP contribution in [0.3, 0.4) is 0 Å². The minimum absolute atomic E-state index is 0.238. The van der Waals surface area contributed by atoms with Crippen molar-refractivity contribution in [2.45, 2.75) is 39.7 Å². The second-order valence-corrected chi connectivity index (χ2v) is 10.7. The Hall–Kier alpha value is -2.83. The Morgan fingerprint density at radius 1 is 0.971 bits per heavy atom. The fourth-order valence-electron chi connectivity index (χ4n) is 4.08. The fourth-order valence-corrected chi connectivity index (χ4v) is 5.09. The van der Waals surface area contributed by atoms with Crippen LogP contribution in [0.5, 0.6) is 5.75 Å². The van der Waals surface area contributed by atoms with Crippen molar-refractivity contribution in [1.82, 2.24) is 0 Å². The molecule has 0 amide bonds. The van der Waals surface area contributed by atoms with E-state index >= 15 is 0 Å². The second kappa shape index (κ2) is 12.0. The molecule has 0 aromatic heterocycles. The van der Waals surface area contributed by atoms with Crippen LogP contribution in [0.2, 0.25) is 0 Å². The van der Waals surface area contributed by atoms with E-state index in [1.807, 2.05) is 36.4 Å². The lowest BCUT2D eigenvalue weighted by Crippen LogP contribution is -2.40. The number of benzene rings is 3. The van der Waals surface area contributed by atoms with Gasteiger partial charge in [0.1, 0.15) is 12.4 Å². The smallest absolute Gasteiger partial charge is 0.232 e. The first-order valence-corrected chi connectivity index (χ1v) is 13.8. The normalized spacial score (nSPS) is 15.2. The summed E-state index contributed by atoms with van der Waals surface area (Å²) in [5, 5.41) is 0. The number of fused-ring (bicyclic) bond motifs is 1. The molecule has 1 aliphatic rings. The number of hydrogen-bond acceptors (Lipinski definition) is 4. The molecule has 0 spiro atoms. The lowest BCUT2D eigenvalue weighted by Gasteiger charge is -2.34. The topological polar surface area (TPSA) is 72.6 Å². The van der Waals surface area contributed by atoms with Crippen molar-refractivity contribution in [1.29, 1.82) is 0 Å². The lowest BCUT2D eigenvalue weighted by molar-refractivity contribution is 0.306. The van der Waals surface area contributed by atoms with E-state index in [1.165, 1.54) is 22.5 Å². The summed E-state index contributed by atoms with van der Waals surface area (Å²) in [6.07, 6.45) is 4.14. The highest BCUT2D eigenvalue weighted by molar-refractivity contribution is 7.92. The summed E-state index contributed by atoms with van der Waals surface area (Å²) in [5.74, 6) is 0.902. The second-order valence-electron chi connectivity index (χ2n) is 8.79. The van der Waals surface area contributed by atoms with Gasteiger partial charge in [0.05, 0.1) is 11.9 Å². The molecule has 0 aliphatic carbocycles. The quantitative estimate of drug-likeness (QED) is 0.475. The molecule has 0 fully saturated rings. The van der Waals surface area contributed by atoms with Gasteiger partial charge < -0.3 is 10.5 Å². The number of ether oxygens (including phenoxy) is 1. The maximum Gasteiger partial charge on any atom is 0.232 e. The Bertz CT molecular complexity index is 1150. The van der Waals surface area contributed by atoms with Crippen LogP contribution in [0, 0.1) is 5.92 Å². The largest absolute Gasteiger partial charge is 0.489 e. The molecule has 1 aliphatic heterocycles. The van der Waals surface area contributed by atoms with E-state index in [-0.39, 0.29) is 5.92 Å². The lowest BCUT2D eigenvalue weighted by atomic mass is 9.91. The van der Waals surface area contributed by atoms with E-state index in [4.69, 9.17) is 10.5 Å². The van der Waals surface area contributed by atoms with Crippen molar-refractivity contribution in [3.05, 3.63) is 83.9 Å². The van der Waals surface area contributed by atoms with Crippen LogP contribution in [0.25, 0.3) is 11.1 Å². The van der Waals surface area contributed by atoms with Gasteiger partial charge in [-0.2, -0.15) is 0 Å². The van der Waals surface area contributed by atoms with E-state index in [0.29, 0.717) is 31.1 Å². The highest BCUT2D eigenvalue weighted by Gasteiger charge is 2.29. The molecule has 2 N–H and O–H groups in total. The summed E-state index contributed by atoms with van der Waals surface area (Å²) in [4.78, 5) is 0. The average molecular weight is 481 g/mol. The molecule has 182 valence electrons. The number of rotatable bonds is 7. The number of hydrogen-bond donors (Lipinski definition) is 1. The highest BCUT2D eigenvalue weighted by atomic mass is 32.2. The minimum Gasteiger partial charge on any atom is -0.489 e. The number of nitrogens with zero attached hydrogens (tertiary/aromatic N) is 1. The summed E-state index contributed by atoms with van der Waals surface area (Å²) in [5.41, 5.74) is 10.8. The van der Waals surface area contributed by atoms with Gasteiger partial charge in [0.25, 0.3) is 0 Å². The number of anilines is 1. The Labute approximate surface area is 204 Å². The Morgan fingerprint density at radius 2 is 1.62 bits per heavy atom. The molecule has 1 unspecified atom stereocenters. The van der Waals surface area contributed by atoms with E-state index in [0.717, 1.165) is 29.5 Å². The molecule has 34 heavy (non-hydrogen) atoms. The predicted octanol–water partition coefficient (Wildman–Crippen LogP) is 5.64. The zero-order chi connectivity index (χ0) is 24.6. The van der Waals surface area contributed by atoms with Crippen molar-refractivity contribution in [2.75, 3.05) is 23.7 Å². The van der Waals surface area contributed by atoms with Crippen LogP contribution in [0.15, 0.2) is 72.8 Å².